The minimum absolute atomic E-state index is 0.326. The van der Waals surface area contributed by atoms with Gasteiger partial charge in [0.2, 0.25) is 0 Å². The van der Waals surface area contributed by atoms with Crippen LogP contribution in [0.1, 0.15) is 33.4 Å². The number of carbonyl (C=O) groups excluding carboxylic acids is 2. The van der Waals surface area contributed by atoms with Crippen LogP contribution in [0, 0.1) is 0 Å². The Balaban J connectivity index is 1.65. The Morgan fingerprint density at radius 2 is 1.90 bits per heavy atom. The topological polar surface area (TPSA) is 90.1 Å². The SMILES string of the molecule is CCOC(=O)c1ccc(-c2ccc(C=NNC(=O)c3cc(Br)ccc3OC)o2)cc1. The van der Waals surface area contributed by atoms with Crippen molar-refractivity contribution < 1.29 is 23.5 Å². The van der Waals surface area contributed by atoms with Gasteiger partial charge < -0.3 is 13.9 Å². The molecule has 3 rings (SSSR count). The largest absolute Gasteiger partial charge is 0.496 e. The number of hydrogen-bond acceptors (Lipinski definition) is 6. The Bertz CT molecular complexity index is 1070. The van der Waals surface area contributed by atoms with Crippen molar-refractivity contribution in [2.75, 3.05) is 13.7 Å². The molecule has 0 radical (unpaired) electrons. The lowest BCUT2D eigenvalue weighted by Crippen LogP contribution is -2.18. The molecule has 1 aromatic heterocycles. The predicted octanol–water partition coefficient (Wildman–Crippen LogP) is 4.66. The minimum atomic E-state index is -0.411. The number of hydrogen-bond donors (Lipinski definition) is 1. The smallest absolute Gasteiger partial charge is 0.338 e. The molecule has 0 atom stereocenters. The van der Waals surface area contributed by atoms with E-state index in [9.17, 15) is 9.59 Å². The van der Waals surface area contributed by atoms with Gasteiger partial charge in [0.05, 0.1) is 31.1 Å². The van der Waals surface area contributed by atoms with Gasteiger partial charge in [-0.3, -0.25) is 4.79 Å². The monoisotopic (exact) mass is 470 g/mol. The summed E-state index contributed by atoms with van der Waals surface area (Å²) >= 11 is 3.33. The first kappa shape index (κ1) is 21.3. The second-order valence-corrected chi connectivity index (χ2v) is 6.96. The van der Waals surface area contributed by atoms with E-state index in [1.54, 1.807) is 61.5 Å². The number of ether oxygens (including phenoxy) is 2. The van der Waals surface area contributed by atoms with Gasteiger partial charge in [0.1, 0.15) is 17.3 Å². The number of halogens is 1. The van der Waals surface area contributed by atoms with Gasteiger partial charge in [0, 0.05) is 10.0 Å². The molecule has 0 saturated heterocycles. The third kappa shape index (κ3) is 5.15. The molecular formula is C22H19BrN2O5. The van der Waals surface area contributed by atoms with E-state index in [0.717, 1.165) is 10.0 Å². The summed E-state index contributed by atoms with van der Waals surface area (Å²) in [6, 6.07) is 15.5. The number of esters is 1. The lowest BCUT2D eigenvalue weighted by atomic mass is 10.1. The quantitative estimate of drug-likeness (QED) is 0.308. The van der Waals surface area contributed by atoms with Crippen molar-refractivity contribution in [2.45, 2.75) is 6.92 Å². The molecule has 0 fully saturated rings. The zero-order valence-corrected chi connectivity index (χ0v) is 17.9. The summed E-state index contributed by atoms with van der Waals surface area (Å²) in [5.74, 6) is 0.727. The molecule has 0 bridgehead atoms. The van der Waals surface area contributed by atoms with Crippen LogP contribution in [0.2, 0.25) is 0 Å². The highest BCUT2D eigenvalue weighted by Gasteiger charge is 2.12. The Hall–Kier alpha value is -3.39. The van der Waals surface area contributed by atoms with Gasteiger partial charge in [-0.1, -0.05) is 28.1 Å². The van der Waals surface area contributed by atoms with Crippen molar-refractivity contribution in [1.29, 1.82) is 0 Å². The van der Waals surface area contributed by atoms with E-state index in [1.165, 1.54) is 13.3 Å². The number of nitrogens with zero attached hydrogens (tertiary/aromatic N) is 1. The highest BCUT2D eigenvalue weighted by atomic mass is 79.9. The van der Waals surface area contributed by atoms with Crippen LogP contribution in [0.15, 0.2) is 68.6 Å². The Kier molecular flexibility index (Phi) is 7.03. The number of furan rings is 1. The fraction of sp³-hybridized carbons (Fsp3) is 0.136. The zero-order chi connectivity index (χ0) is 21.5. The number of nitrogens with one attached hydrogen (secondary N) is 1. The zero-order valence-electron chi connectivity index (χ0n) is 16.3. The maximum absolute atomic E-state index is 12.3. The second-order valence-electron chi connectivity index (χ2n) is 6.04. The summed E-state index contributed by atoms with van der Waals surface area (Å²) in [7, 11) is 1.49. The number of amides is 1. The molecule has 0 aliphatic rings. The van der Waals surface area contributed by atoms with Crippen LogP contribution in [-0.4, -0.2) is 31.8 Å². The molecule has 1 N–H and O–H groups in total. The summed E-state index contributed by atoms with van der Waals surface area (Å²) in [6.07, 6.45) is 1.40. The molecule has 3 aromatic rings. The molecule has 0 saturated carbocycles. The number of carbonyl (C=O) groups is 2. The Morgan fingerprint density at radius 3 is 2.60 bits per heavy atom. The third-order valence-corrected chi connectivity index (χ3v) is 4.56. The van der Waals surface area contributed by atoms with Crippen molar-refractivity contribution in [1.82, 2.24) is 5.43 Å². The molecule has 0 unspecified atom stereocenters. The first-order valence-electron chi connectivity index (χ1n) is 9.06. The highest BCUT2D eigenvalue weighted by Crippen LogP contribution is 2.23. The van der Waals surface area contributed by atoms with E-state index in [0.29, 0.717) is 35.0 Å². The fourth-order valence-corrected chi connectivity index (χ4v) is 3.00. The number of benzene rings is 2. The van der Waals surface area contributed by atoms with E-state index in [4.69, 9.17) is 13.9 Å². The maximum atomic E-state index is 12.3. The van der Waals surface area contributed by atoms with Crippen LogP contribution in [-0.2, 0) is 4.74 Å². The standard InChI is InChI=1S/C22H19BrN2O5/c1-3-29-22(27)15-6-4-14(5-7-15)19-11-9-17(30-19)13-24-25-21(26)18-12-16(23)8-10-20(18)28-2/h4-13H,3H2,1-2H3,(H,25,26). The average molecular weight is 471 g/mol. The first-order valence-corrected chi connectivity index (χ1v) is 9.85. The summed E-state index contributed by atoms with van der Waals surface area (Å²) in [6.45, 7) is 2.09. The highest BCUT2D eigenvalue weighted by molar-refractivity contribution is 9.10. The molecular weight excluding hydrogens is 452 g/mol. The first-order chi connectivity index (χ1) is 14.5. The van der Waals surface area contributed by atoms with E-state index in [-0.39, 0.29) is 5.97 Å². The van der Waals surface area contributed by atoms with Crippen LogP contribution in [0.4, 0.5) is 0 Å². The summed E-state index contributed by atoms with van der Waals surface area (Å²) in [4.78, 5) is 24.1. The molecule has 7 nitrogen and oxygen atoms in total. The van der Waals surface area contributed by atoms with Gasteiger partial charge in [-0.2, -0.15) is 5.10 Å². The molecule has 2 aromatic carbocycles. The lowest BCUT2D eigenvalue weighted by Gasteiger charge is -2.07. The van der Waals surface area contributed by atoms with Crippen LogP contribution < -0.4 is 10.2 Å². The van der Waals surface area contributed by atoms with Crippen LogP contribution in [0.3, 0.4) is 0 Å². The normalized spacial score (nSPS) is 10.8. The van der Waals surface area contributed by atoms with Crippen LogP contribution in [0.5, 0.6) is 5.75 Å². The lowest BCUT2D eigenvalue weighted by molar-refractivity contribution is 0.0526. The summed E-state index contributed by atoms with van der Waals surface area (Å²) in [5.41, 5.74) is 4.07. The van der Waals surface area contributed by atoms with Crippen molar-refractivity contribution in [2.24, 2.45) is 5.10 Å². The van der Waals surface area contributed by atoms with Gasteiger partial charge in [-0.05, 0) is 49.4 Å². The molecule has 8 heteroatoms. The van der Waals surface area contributed by atoms with Crippen LogP contribution in [0.25, 0.3) is 11.3 Å². The van der Waals surface area contributed by atoms with Gasteiger partial charge >= 0.3 is 5.97 Å². The fourth-order valence-electron chi connectivity index (χ4n) is 2.63. The van der Waals surface area contributed by atoms with Gasteiger partial charge in [-0.25, -0.2) is 10.2 Å². The molecule has 0 aliphatic heterocycles. The average Bonchev–Trinajstić information content (AvgIpc) is 3.23. The van der Waals surface area contributed by atoms with Gasteiger partial charge in [-0.15, -0.1) is 0 Å². The molecule has 0 aliphatic carbocycles. The molecule has 1 amide bonds. The third-order valence-electron chi connectivity index (χ3n) is 4.07. The van der Waals surface area contributed by atoms with Crippen molar-refractivity contribution in [3.63, 3.8) is 0 Å². The Morgan fingerprint density at radius 1 is 1.13 bits per heavy atom. The minimum Gasteiger partial charge on any atom is -0.496 e. The number of methoxy groups -OCH3 is 1. The second kappa shape index (κ2) is 9.89. The van der Waals surface area contributed by atoms with Crippen molar-refractivity contribution in [3.05, 3.63) is 76.0 Å². The van der Waals surface area contributed by atoms with Crippen molar-refractivity contribution in [3.8, 4) is 17.1 Å². The molecule has 154 valence electrons. The summed E-state index contributed by atoms with van der Waals surface area (Å²) in [5, 5.41) is 3.94. The van der Waals surface area contributed by atoms with Crippen molar-refractivity contribution >= 4 is 34.0 Å². The van der Waals surface area contributed by atoms with E-state index in [2.05, 4.69) is 26.5 Å². The van der Waals surface area contributed by atoms with E-state index < -0.39 is 5.91 Å². The van der Waals surface area contributed by atoms with E-state index in [1.807, 2.05) is 0 Å². The maximum Gasteiger partial charge on any atom is 0.338 e. The molecule has 1 heterocycles. The molecule has 0 spiro atoms. The Labute approximate surface area is 181 Å². The van der Waals surface area contributed by atoms with Gasteiger partial charge in [0.15, 0.2) is 0 Å². The predicted molar refractivity (Wildman–Crippen MR) is 116 cm³/mol. The number of rotatable bonds is 7. The number of hydrazone groups is 1. The van der Waals surface area contributed by atoms with E-state index >= 15 is 0 Å². The molecule has 30 heavy (non-hydrogen) atoms. The summed E-state index contributed by atoms with van der Waals surface area (Å²) < 4.78 is 16.6. The van der Waals surface area contributed by atoms with Crippen LogP contribution >= 0.6 is 15.9 Å². The van der Waals surface area contributed by atoms with Gasteiger partial charge in [0.25, 0.3) is 5.91 Å².